The number of hydrogen-bond donors (Lipinski definition) is 1. The average Bonchev–Trinajstić information content (AvgIpc) is 3.20. The van der Waals surface area contributed by atoms with Crippen LogP contribution < -0.4 is 10.2 Å². The number of fused-ring (bicyclic) bond motifs is 3. The van der Waals surface area contributed by atoms with E-state index in [-0.39, 0.29) is 10.8 Å². The summed E-state index contributed by atoms with van der Waals surface area (Å²) in [6.45, 7) is 10.1. The summed E-state index contributed by atoms with van der Waals surface area (Å²) in [5, 5.41) is 3.86. The maximum atomic E-state index is 13.3. The Morgan fingerprint density at radius 3 is 2.49 bits per heavy atom. The lowest BCUT2D eigenvalue weighted by Gasteiger charge is -2.35. The third-order valence-electron chi connectivity index (χ3n) is 7.12. The van der Waals surface area contributed by atoms with Gasteiger partial charge in [0.25, 0.3) is 0 Å². The van der Waals surface area contributed by atoms with Crippen LogP contribution in [0.2, 0.25) is 0 Å². The van der Waals surface area contributed by atoms with Crippen LogP contribution in [0.1, 0.15) is 50.4 Å². The first kappa shape index (κ1) is 26.1. The highest BCUT2D eigenvalue weighted by atomic mass is 32.2. The molecule has 0 bridgehead atoms. The van der Waals surface area contributed by atoms with Crippen molar-refractivity contribution in [3.63, 3.8) is 0 Å². The fourth-order valence-corrected chi connectivity index (χ4v) is 8.07. The Kier molecular flexibility index (Phi) is 7.26. The second-order valence-corrected chi connectivity index (χ2v) is 13.7. The van der Waals surface area contributed by atoms with Crippen LogP contribution in [0.3, 0.4) is 0 Å². The predicted octanol–water partition coefficient (Wildman–Crippen LogP) is 4.48. The highest BCUT2D eigenvalue weighted by molar-refractivity contribution is 7.89. The summed E-state index contributed by atoms with van der Waals surface area (Å²) < 4.78 is 28.2. The van der Waals surface area contributed by atoms with Gasteiger partial charge in [0.05, 0.1) is 10.3 Å². The molecule has 1 fully saturated rings. The number of carbonyl (C=O) groups excluding carboxylic acids is 1. The van der Waals surface area contributed by atoms with Crippen molar-refractivity contribution in [2.24, 2.45) is 11.8 Å². The molecule has 3 aromatic rings. The molecule has 1 amide bonds. The molecule has 0 saturated carbocycles. The maximum Gasteiger partial charge on any atom is 0.243 e. The highest BCUT2D eigenvalue weighted by Gasteiger charge is 2.31. The van der Waals surface area contributed by atoms with Gasteiger partial charge in [-0.3, -0.25) is 4.79 Å². The molecule has 0 unspecified atom stereocenters. The SMILES string of the molecule is CC(=O)Nc1ccc(S(=O)(=O)N2CCN(c3nc(CC(C)C)nc4sc5c(c34)CC[C@@H](C)C5)CC2)cc1. The van der Waals surface area contributed by atoms with Gasteiger partial charge in [-0.1, -0.05) is 20.8 Å². The monoisotopic (exact) mass is 541 g/mol. The van der Waals surface area contributed by atoms with E-state index in [0.717, 1.165) is 35.7 Å². The van der Waals surface area contributed by atoms with E-state index in [0.29, 0.717) is 43.7 Å². The number of nitrogens with one attached hydrogen (secondary N) is 1. The zero-order valence-corrected chi connectivity index (χ0v) is 23.6. The van der Waals surface area contributed by atoms with E-state index >= 15 is 0 Å². The standard InChI is InChI=1S/C27H35N5O3S2/c1-17(2)15-24-29-26(25-22-10-5-18(3)16-23(22)36-27(25)30-24)31-11-13-32(14-12-31)37(34,35)21-8-6-20(7-9-21)28-19(4)33/h6-9,17-18H,5,10-16H2,1-4H3,(H,28,33)/t18-/m1/s1. The number of rotatable bonds is 6. The fourth-order valence-electron chi connectivity index (χ4n) is 5.25. The fraction of sp³-hybridized carbons (Fsp3) is 0.519. The molecular weight excluding hydrogens is 506 g/mol. The topological polar surface area (TPSA) is 95.5 Å². The number of carbonyl (C=O) groups is 1. The van der Waals surface area contributed by atoms with Gasteiger partial charge in [-0.25, -0.2) is 18.4 Å². The van der Waals surface area contributed by atoms with Crippen molar-refractivity contribution >= 4 is 49.0 Å². The number of piperazine rings is 1. The van der Waals surface area contributed by atoms with Gasteiger partial charge in [0.2, 0.25) is 15.9 Å². The van der Waals surface area contributed by atoms with Crippen LogP contribution in [0.15, 0.2) is 29.2 Å². The minimum atomic E-state index is -3.63. The van der Waals surface area contributed by atoms with Crippen molar-refractivity contribution in [1.29, 1.82) is 0 Å². The highest BCUT2D eigenvalue weighted by Crippen LogP contribution is 2.41. The number of thiophene rings is 1. The quantitative estimate of drug-likeness (QED) is 0.494. The molecule has 10 heteroatoms. The van der Waals surface area contributed by atoms with E-state index < -0.39 is 10.0 Å². The van der Waals surface area contributed by atoms with Gasteiger partial charge < -0.3 is 10.2 Å². The molecule has 37 heavy (non-hydrogen) atoms. The molecule has 2 aromatic heterocycles. The van der Waals surface area contributed by atoms with Crippen LogP contribution in [0.5, 0.6) is 0 Å². The van der Waals surface area contributed by atoms with Gasteiger partial charge in [-0.05, 0) is 60.9 Å². The van der Waals surface area contributed by atoms with Crippen molar-refractivity contribution in [1.82, 2.24) is 14.3 Å². The second kappa shape index (κ2) is 10.3. The molecule has 8 nitrogen and oxygen atoms in total. The molecule has 1 aliphatic carbocycles. The lowest BCUT2D eigenvalue weighted by atomic mass is 9.89. The van der Waals surface area contributed by atoms with Crippen molar-refractivity contribution in [2.45, 2.75) is 58.3 Å². The first-order chi connectivity index (χ1) is 17.6. The molecule has 0 radical (unpaired) electrons. The Balaban J connectivity index is 1.40. The molecule has 1 atom stereocenters. The van der Waals surface area contributed by atoms with Crippen LogP contribution >= 0.6 is 11.3 Å². The van der Waals surface area contributed by atoms with Gasteiger partial charge in [-0.2, -0.15) is 4.31 Å². The van der Waals surface area contributed by atoms with Gasteiger partial charge in [0, 0.05) is 50.1 Å². The zero-order valence-electron chi connectivity index (χ0n) is 22.0. The first-order valence-corrected chi connectivity index (χ1v) is 15.3. The van der Waals surface area contributed by atoms with Crippen molar-refractivity contribution < 1.29 is 13.2 Å². The van der Waals surface area contributed by atoms with Crippen LogP contribution in [-0.2, 0) is 34.1 Å². The summed E-state index contributed by atoms with van der Waals surface area (Å²) in [5.41, 5.74) is 1.98. The molecule has 1 saturated heterocycles. The Morgan fingerprint density at radius 1 is 1.14 bits per heavy atom. The number of anilines is 2. The summed E-state index contributed by atoms with van der Waals surface area (Å²) in [6, 6.07) is 6.35. The molecular formula is C27H35N5O3S2. The van der Waals surface area contributed by atoms with E-state index in [1.54, 1.807) is 28.6 Å². The van der Waals surface area contributed by atoms with E-state index in [4.69, 9.17) is 9.97 Å². The number of aryl methyl sites for hydroxylation is 1. The Morgan fingerprint density at radius 2 is 1.84 bits per heavy atom. The molecule has 5 rings (SSSR count). The van der Waals surface area contributed by atoms with Crippen molar-refractivity contribution in [3.05, 3.63) is 40.5 Å². The average molecular weight is 542 g/mol. The van der Waals surface area contributed by atoms with Gasteiger partial charge >= 0.3 is 0 Å². The lowest BCUT2D eigenvalue weighted by Crippen LogP contribution is -2.49. The Labute approximate surface area is 223 Å². The van der Waals surface area contributed by atoms with Crippen LogP contribution in [0.4, 0.5) is 11.5 Å². The lowest BCUT2D eigenvalue weighted by molar-refractivity contribution is -0.114. The summed E-state index contributed by atoms with van der Waals surface area (Å²) in [5.74, 6) is 2.80. The summed E-state index contributed by atoms with van der Waals surface area (Å²) in [4.78, 5) is 26.3. The number of hydrogen-bond acceptors (Lipinski definition) is 7. The third kappa shape index (κ3) is 5.37. The minimum absolute atomic E-state index is 0.191. The molecule has 1 aromatic carbocycles. The van der Waals surface area contributed by atoms with Gasteiger partial charge in [0.15, 0.2) is 0 Å². The van der Waals surface area contributed by atoms with Crippen LogP contribution in [-0.4, -0.2) is 54.8 Å². The second-order valence-electron chi connectivity index (χ2n) is 10.7. The summed E-state index contributed by atoms with van der Waals surface area (Å²) in [7, 11) is -3.63. The van der Waals surface area contributed by atoms with Crippen molar-refractivity contribution in [2.75, 3.05) is 36.4 Å². The number of sulfonamides is 1. The molecule has 1 aliphatic heterocycles. The van der Waals surface area contributed by atoms with Crippen LogP contribution in [0, 0.1) is 11.8 Å². The number of aromatic nitrogens is 2. The predicted molar refractivity (Wildman–Crippen MR) is 149 cm³/mol. The summed E-state index contributed by atoms with van der Waals surface area (Å²) >= 11 is 1.82. The smallest absolute Gasteiger partial charge is 0.243 e. The first-order valence-electron chi connectivity index (χ1n) is 13.1. The third-order valence-corrected chi connectivity index (χ3v) is 10.2. The molecule has 1 N–H and O–H groups in total. The molecule has 198 valence electrons. The normalized spacial score (nSPS) is 18.8. The Hall–Kier alpha value is -2.56. The van der Waals surface area contributed by atoms with E-state index in [1.807, 2.05) is 11.3 Å². The zero-order chi connectivity index (χ0) is 26.3. The molecule has 3 heterocycles. The summed E-state index contributed by atoms with van der Waals surface area (Å²) in [6.07, 6.45) is 4.16. The Bertz CT molecular complexity index is 1410. The number of nitrogens with zero attached hydrogens (tertiary/aromatic N) is 4. The number of amides is 1. The van der Waals surface area contributed by atoms with E-state index in [2.05, 4.69) is 31.0 Å². The minimum Gasteiger partial charge on any atom is -0.353 e. The molecule has 0 spiro atoms. The van der Waals surface area contributed by atoms with E-state index in [9.17, 15) is 13.2 Å². The van der Waals surface area contributed by atoms with E-state index in [1.165, 1.54) is 29.2 Å². The van der Waals surface area contributed by atoms with Gasteiger partial charge in [0.1, 0.15) is 16.5 Å². The largest absolute Gasteiger partial charge is 0.353 e. The van der Waals surface area contributed by atoms with Gasteiger partial charge in [-0.15, -0.1) is 11.3 Å². The maximum absolute atomic E-state index is 13.3. The van der Waals surface area contributed by atoms with Crippen molar-refractivity contribution in [3.8, 4) is 0 Å². The molecule has 2 aliphatic rings. The number of benzene rings is 1. The van der Waals surface area contributed by atoms with Crippen LogP contribution in [0.25, 0.3) is 10.2 Å².